The molecule has 0 saturated carbocycles. The van der Waals surface area contributed by atoms with Gasteiger partial charge in [0.25, 0.3) is 0 Å². The Balaban J connectivity index is 1.64. The van der Waals surface area contributed by atoms with E-state index in [0.717, 1.165) is 19.4 Å². The minimum Gasteiger partial charge on any atom is -0.343 e. The molecule has 5 nitrogen and oxygen atoms in total. The predicted octanol–water partition coefficient (Wildman–Crippen LogP) is 2.75. The van der Waals surface area contributed by atoms with Crippen molar-refractivity contribution < 1.29 is 4.79 Å². The van der Waals surface area contributed by atoms with E-state index in [1.54, 1.807) is 4.90 Å². The highest BCUT2D eigenvalue weighted by atomic mass is 16.2. The number of amides is 1. The standard InChI is InChI=1S/C20H26N4O/c1-14(22-12-20(25)23-10-6-7-17(23)11-21)13-24-16(3)15(2)18-8-4-5-9-19(18)24/h4-5,8-9,14,17,22H,6-7,10,12-13H2,1-3H3/t14-,17-/m0/s1. The topological polar surface area (TPSA) is 61.1 Å². The molecule has 0 spiro atoms. The molecule has 2 heterocycles. The summed E-state index contributed by atoms with van der Waals surface area (Å²) in [6.07, 6.45) is 1.72. The molecule has 1 amide bonds. The highest BCUT2D eigenvalue weighted by Crippen LogP contribution is 2.25. The number of para-hydroxylation sites is 1. The SMILES string of the molecule is Cc1c(C)n(C[C@H](C)NCC(=O)N2CCC[C@H]2C#N)c2ccccc12. The average Bonchev–Trinajstić information content (AvgIpc) is 3.19. The molecular formula is C20H26N4O. The summed E-state index contributed by atoms with van der Waals surface area (Å²) in [5, 5.41) is 13.7. The Morgan fingerprint density at radius 3 is 2.92 bits per heavy atom. The maximum absolute atomic E-state index is 12.4. The Kier molecular flexibility index (Phi) is 5.10. The predicted molar refractivity (Wildman–Crippen MR) is 99.2 cm³/mol. The van der Waals surface area contributed by atoms with Gasteiger partial charge in [-0.05, 0) is 45.2 Å². The number of fused-ring (bicyclic) bond motifs is 1. The van der Waals surface area contributed by atoms with Gasteiger partial charge in [0.05, 0.1) is 12.6 Å². The third kappa shape index (κ3) is 3.40. The van der Waals surface area contributed by atoms with E-state index >= 15 is 0 Å². The molecule has 3 rings (SSSR count). The molecule has 0 bridgehead atoms. The van der Waals surface area contributed by atoms with Crippen molar-refractivity contribution >= 4 is 16.8 Å². The van der Waals surface area contributed by atoms with Gasteiger partial charge in [-0.15, -0.1) is 0 Å². The second-order valence-electron chi connectivity index (χ2n) is 6.99. The zero-order valence-corrected chi connectivity index (χ0v) is 15.2. The summed E-state index contributed by atoms with van der Waals surface area (Å²) >= 11 is 0. The number of nitrogens with one attached hydrogen (secondary N) is 1. The van der Waals surface area contributed by atoms with Gasteiger partial charge >= 0.3 is 0 Å². The van der Waals surface area contributed by atoms with E-state index in [1.165, 1.54) is 22.2 Å². The highest BCUT2D eigenvalue weighted by Gasteiger charge is 2.28. The van der Waals surface area contributed by atoms with Crippen molar-refractivity contribution in [3.8, 4) is 6.07 Å². The van der Waals surface area contributed by atoms with Crippen LogP contribution in [0.2, 0.25) is 0 Å². The van der Waals surface area contributed by atoms with Gasteiger partial charge in [-0.25, -0.2) is 0 Å². The van der Waals surface area contributed by atoms with Crippen molar-refractivity contribution in [2.75, 3.05) is 13.1 Å². The van der Waals surface area contributed by atoms with Crippen molar-refractivity contribution in [3.05, 3.63) is 35.5 Å². The second-order valence-corrected chi connectivity index (χ2v) is 6.99. The number of rotatable bonds is 5. The van der Waals surface area contributed by atoms with Gasteiger partial charge < -0.3 is 14.8 Å². The summed E-state index contributed by atoms with van der Waals surface area (Å²) in [6, 6.07) is 10.6. The Hall–Kier alpha value is -2.32. The van der Waals surface area contributed by atoms with Crippen LogP contribution in [0.15, 0.2) is 24.3 Å². The van der Waals surface area contributed by atoms with Crippen molar-refractivity contribution in [2.24, 2.45) is 0 Å². The fourth-order valence-electron chi connectivity index (χ4n) is 3.74. The number of aryl methyl sites for hydroxylation is 1. The first-order valence-electron chi connectivity index (χ1n) is 8.99. The molecule has 2 atom stereocenters. The van der Waals surface area contributed by atoms with Crippen LogP contribution in [0.3, 0.4) is 0 Å². The van der Waals surface area contributed by atoms with E-state index in [9.17, 15) is 4.79 Å². The zero-order valence-electron chi connectivity index (χ0n) is 15.2. The molecular weight excluding hydrogens is 312 g/mol. The Morgan fingerprint density at radius 1 is 1.40 bits per heavy atom. The van der Waals surface area contributed by atoms with Crippen LogP contribution < -0.4 is 5.32 Å². The molecule has 1 N–H and O–H groups in total. The minimum atomic E-state index is -0.247. The number of carbonyl (C=O) groups is 1. The third-order valence-corrected chi connectivity index (χ3v) is 5.33. The van der Waals surface area contributed by atoms with Crippen LogP contribution in [0.25, 0.3) is 10.9 Å². The van der Waals surface area contributed by atoms with E-state index in [1.807, 2.05) is 0 Å². The molecule has 1 saturated heterocycles. The van der Waals surface area contributed by atoms with Crippen molar-refractivity contribution in [3.63, 3.8) is 0 Å². The van der Waals surface area contributed by atoms with E-state index in [4.69, 9.17) is 5.26 Å². The zero-order chi connectivity index (χ0) is 18.0. The van der Waals surface area contributed by atoms with Gasteiger partial charge in [0.15, 0.2) is 0 Å². The first kappa shape index (κ1) is 17.5. The lowest BCUT2D eigenvalue weighted by Crippen LogP contribution is -2.43. The molecule has 1 fully saturated rings. The largest absolute Gasteiger partial charge is 0.343 e. The number of nitriles is 1. The Morgan fingerprint density at radius 2 is 2.16 bits per heavy atom. The smallest absolute Gasteiger partial charge is 0.237 e. The summed E-state index contributed by atoms with van der Waals surface area (Å²) in [5.74, 6) is 0.0289. The monoisotopic (exact) mass is 338 g/mol. The normalized spacial score (nSPS) is 18.5. The van der Waals surface area contributed by atoms with E-state index in [2.05, 4.69) is 61.0 Å². The fraction of sp³-hybridized carbons (Fsp3) is 0.500. The number of nitrogens with zero attached hydrogens (tertiary/aromatic N) is 3. The minimum absolute atomic E-state index is 0.0289. The lowest BCUT2D eigenvalue weighted by atomic mass is 10.2. The Bertz CT molecular complexity index is 817. The summed E-state index contributed by atoms with van der Waals surface area (Å²) in [6.45, 7) is 8.21. The number of hydrogen-bond donors (Lipinski definition) is 1. The van der Waals surface area contributed by atoms with Gasteiger partial charge in [-0.3, -0.25) is 4.79 Å². The lowest BCUT2D eigenvalue weighted by Gasteiger charge is -2.22. The number of hydrogen-bond acceptors (Lipinski definition) is 3. The van der Waals surface area contributed by atoms with Crippen LogP contribution in [0, 0.1) is 25.2 Å². The molecule has 0 unspecified atom stereocenters. The van der Waals surface area contributed by atoms with Crippen LogP contribution in [0.1, 0.15) is 31.0 Å². The van der Waals surface area contributed by atoms with Crippen molar-refractivity contribution in [1.29, 1.82) is 5.26 Å². The van der Waals surface area contributed by atoms with Crippen molar-refractivity contribution in [1.82, 2.24) is 14.8 Å². The number of aromatic nitrogens is 1. The van der Waals surface area contributed by atoms with Gasteiger partial charge in [-0.2, -0.15) is 5.26 Å². The first-order chi connectivity index (χ1) is 12.0. The Labute approximate surface area is 149 Å². The van der Waals surface area contributed by atoms with Crippen LogP contribution in [0.4, 0.5) is 0 Å². The molecule has 1 aromatic heterocycles. The fourth-order valence-corrected chi connectivity index (χ4v) is 3.74. The molecule has 0 radical (unpaired) electrons. The molecule has 1 aliphatic rings. The molecule has 0 aliphatic carbocycles. The molecule has 1 aromatic carbocycles. The highest BCUT2D eigenvalue weighted by molar-refractivity contribution is 5.85. The summed E-state index contributed by atoms with van der Waals surface area (Å²) in [5.41, 5.74) is 3.82. The van der Waals surface area contributed by atoms with Gasteiger partial charge in [0, 0.05) is 35.7 Å². The molecule has 1 aliphatic heterocycles. The molecule has 25 heavy (non-hydrogen) atoms. The quantitative estimate of drug-likeness (QED) is 0.912. The molecule has 2 aromatic rings. The van der Waals surface area contributed by atoms with Crippen LogP contribution >= 0.6 is 0 Å². The van der Waals surface area contributed by atoms with Crippen LogP contribution in [0.5, 0.6) is 0 Å². The van der Waals surface area contributed by atoms with E-state index in [0.29, 0.717) is 6.54 Å². The van der Waals surface area contributed by atoms with E-state index in [-0.39, 0.29) is 24.5 Å². The van der Waals surface area contributed by atoms with Gasteiger partial charge in [0.2, 0.25) is 5.91 Å². The summed E-state index contributed by atoms with van der Waals surface area (Å²) in [4.78, 5) is 14.1. The maximum atomic E-state index is 12.4. The average molecular weight is 338 g/mol. The van der Waals surface area contributed by atoms with Crippen LogP contribution in [-0.2, 0) is 11.3 Å². The molecule has 132 valence electrons. The van der Waals surface area contributed by atoms with Gasteiger partial charge in [0.1, 0.15) is 6.04 Å². The number of benzene rings is 1. The second kappa shape index (κ2) is 7.28. The molecule has 5 heteroatoms. The lowest BCUT2D eigenvalue weighted by molar-refractivity contribution is -0.130. The van der Waals surface area contributed by atoms with E-state index < -0.39 is 0 Å². The number of likely N-dealkylation sites (tertiary alicyclic amines) is 1. The maximum Gasteiger partial charge on any atom is 0.237 e. The van der Waals surface area contributed by atoms with Crippen LogP contribution in [-0.4, -0.2) is 40.5 Å². The van der Waals surface area contributed by atoms with Gasteiger partial charge in [-0.1, -0.05) is 18.2 Å². The first-order valence-corrected chi connectivity index (χ1v) is 8.99. The van der Waals surface area contributed by atoms with Crippen molar-refractivity contribution in [2.45, 2.75) is 52.2 Å². The third-order valence-electron chi connectivity index (χ3n) is 5.33. The summed E-state index contributed by atoms with van der Waals surface area (Å²) in [7, 11) is 0. The number of carbonyl (C=O) groups excluding carboxylic acids is 1. The summed E-state index contributed by atoms with van der Waals surface area (Å²) < 4.78 is 2.32.